The van der Waals surface area contributed by atoms with Gasteiger partial charge in [-0.15, -0.1) is 0 Å². The first-order valence-electron chi connectivity index (χ1n) is 4.70. The molecule has 0 N–H and O–H groups in total. The van der Waals surface area contributed by atoms with E-state index in [1.165, 1.54) is 0 Å². The second kappa shape index (κ2) is 4.29. The zero-order valence-electron chi connectivity index (χ0n) is 8.10. The second-order valence-electron chi connectivity index (χ2n) is 3.78. The zero-order chi connectivity index (χ0) is 10.8. The fraction of sp³-hybridized carbons (Fsp3) is 0.889. The molecule has 82 valence electrons. The van der Waals surface area contributed by atoms with Crippen LogP contribution in [-0.4, -0.2) is 36.5 Å². The van der Waals surface area contributed by atoms with Gasteiger partial charge in [0.05, 0.1) is 6.42 Å². The smallest absolute Gasteiger partial charge is 0.302 e. The van der Waals surface area contributed by atoms with Crippen LogP contribution in [0.1, 0.15) is 19.8 Å². The minimum atomic E-state index is -4.09. The number of nitrogens with zero attached hydrogens (tertiary/aromatic N) is 1. The second-order valence-corrected chi connectivity index (χ2v) is 3.78. The van der Waals surface area contributed by atoms with Crippen LogP contribution in [0.5, 0.6) is 0 Å². The molecule has 0 aliphatic carbocycles. The topological polar surface area (TPSA) is 20.3 Å². The number of likely N-dealkylation sites (tertiary alicyclic amines) is 1. The molecule has 0 saturated carbocycles. The van der Waals surface area contributed by atoms with Gasteiger partial charge in [0.15, 0.2) is 0 Å². The Morgan fingerprint density at radius 3 is 2.64 bits per heavy atom. The van der Waals surface area contributed by atoms with Gasteiger partial charge in [-0.3, -0.25) is 4.79 Å². The Morgan fingerprint density at radius 1 is 1.50 bits per heavy atom. The van der Waals surface area contributed by atoms with E-state index in [1.807, 2.05) is 0 Å². The Hall–Kier alpha value is -0.580. The van der Waals surface area contributed by atoms with Crippen molar-refractivity contribution >= 4 is 5.78 Å². The zero-order valence-corrected chi connectivity index (χ0v) is 8.10. The average Bonchev–Trinajstić information content (AvgIpc) is 2.06. The number of Topliss-reactive ketones (excluding diaryl/α,β-unsaturated/α-hetero) is 1. The number of halogens is 3. The van der Waals surface area contributed by atoms with Crippen LogP contribution in [0.2, 0.25) is 0 Å². The van der Waals surface area contributed by atoms with Gasteiger partial charge in [0.1, 0.15) is 5.78 Å². The Morgan fingerprint density at radius 2 is 2.14 bits per heavy atom. The molecule has 14 heavy (non-hydrogen) atoms. The van der Waals surface area contributed by atoms with Crippen molar-refractivity contribution in [2.45, 2.75) is 25.9 Å². The molecular weight excluding hydrogens is 195 g/mol. The van der Waals surface area contributed by atoms with E-state index in [1.54, 1.807) is 11.8 Å². The van der Waals surface area contributed by atoms with E-state index in [2.05, 4.69) is 0 Å². The van der Waals surface area contributed by atoms with Crippen molar-refractivity contribution in [2.75, 3.05) is 19.6 Å². The molecule has 5 heteroatoms. The predicted octanol–water partition coefficient (Wildman–Crippen LogP) is 1.85. The molecule has 2 nitrogen and oxygen atoms in total. The van der Waals surface area contributed by atoms with Gasteiger partial charge in [0.2, 0.25) is 0 Å². The third kappa shape index (κ3) is 3.65. The van der Waals surface area contributed by atoms with Crippen LogP contribution in [0, 0.1) is 5.92 Å². The van der Waals surface area contributed by atoms with E-state index < -0.39 is 12.6 Å². The lowest BCUT2D eigenvalue weighted by Gasteiger charge is -2.30. The fourth-order valence-corrected chi connectivity index (χ4v) is 1.58. The first-order valence-corrected chi connectivity index (χ1v) is 4.70. The first-order chi connectivity index (χ1) is 6.38. The normalized spacial score (nSPS) is 25.4. The molecule has 0 aromatic heterocycles. The Labute approximate surface area is 81.1 Å². The number of ketones is 1. The van der Waals surface area contributed by atoms with Crippen molar-refractivity contribution in [3.63, 3.8) is 0 Å². The molecular formula is C9H14F3NO. The SMILES string of the molecule is CC1CN(CCC(F)(F)F)CCC1=O. The van der Waals surface area contributed by atoms with E-state index >= 15 is 0 Å². The number of piperidine rings is 1. The van der Waals surface area contributed by atoms with Gasteiger partial charge in [-0.2, -0.15) is 13.2 Å². The van der Waals surface area contributed by atoms with Gasteiger partial charge in [0, 0.05) is 32.0 Å². The summed E-state index contributed by atoms with van der Waals surface area (Å²) in [6.07, 6.45) is -4.49. The lowest BCUT2D eigenvalue weighted by atomic mass is 9.98. The molecule has 0 radical (unpaired) electrons. The van der Waals surface area contributed by atoms with E-state index in [-0.39, 0.29) is 18.2 Å². The fourth-order valence-electron chi connectivity index (χ4n) is 1.58. The van der Waals surface area contributed by atoms with Crippen molar-refractivity contribution in [2.24, 2.45) is 5.92 Å². The number of hydrogen-bond acceptors (Lipinski definition) is 2. The lowest BCUT2D eigenvalue weighted by Crippen LogP contribution is -2.41. The van der Waals surface area contributed by atoms with Gasteiger partial charge < -0.3 is 4.90 Å². The van der Waals surface area contributed by atoms with Crippen LogP contribution in [0.4, 0.5) is 13.2 Å². The maximum absolute atomic E-state index is 11.9. The molecule has 0 bridgehead atoms. The molecule has 0 spiro atoms. The van der Waals surface area contributed by atoms with Crippen molar-refractivity contribution in [3.8, 4) is 0 Å². The Balaban J connectivity index is 2.30. The highest BCUT2D eigenvalue weighted by molar-refractivity contribution is 5.81. The molecule has 0 amide bonds. The molecule has 1 aliphatic rings. The van der Waals surface area contributed by atoms with Crippen LogP contribution < -0.4 is 0 Å². The predicted molar refractivity (Wildman–Crippen MR) is 45.9 cm³/mol. The molecule has 1 heterocycles. The van der Waals surface area contributed by atoms with E-state index in [0.29, 0.717) is 19.5 Å². The van der Waals surface area contributed by atoms with Crippen molar-refractivity contribution in [3.05, 3.63) is 0 Å². The third-order valence-corrected chi connectivity index (χ3v) is 2.47. The summed E-state index contributed by atoms with van der Waals surface area (Å²) in [6, 6.07) is 0. The summed E-state index contributed by atoms with van der Waals surface area (Å²) in [4.78, 5) is 12.8. The Kier molecular flexibility index (Phi) is 3.53. The summed E-state index contributed by atoms with van der Waals surface area (Å²) in [6.45, 7) is 2.72. The largest absolute Gasteiger partial charge is 0.390 e. The minimum absolute atomic E-state index is 0.0150. The highest BCUT2D eigenvalue weighted by Crippen LogP contribution is 2.21. The van der Waals surface area contributed by atoms with Gasteiger partial charge in [-0.1, -0.05) is 6.92 Å². The quantitative estimate of drug-likeness (QED) is 0.691. The summed E-state index contributed by atoms with van der Waals surface area (Å²) in [5, 5.41) is 0. The van der Waals surface area contributed by atoms with E-state index in [0.717, 1.165) is 0 Å². The maximum Gasteiger partial charge on any atom is 0.390 e. The van der Waals surface area contributed by atoms with Gasteiger partial charge >= 0.3 is 6.18 Å². The third-order valence-electron chi connectivity index (χ3n) is 2.47. The number of hydrogen-bond donors (Lipinski definition) is 0. The highest BCUT2D eigenvalue weighted by Gasteiger charge is 2.30. The molecule has 1 aliphatic heterocycles. The highest BCUT2D eigenvalue weighted by atomic mass is 19.4. The van der Waals surface area contributed by atoms with Crippen LogP contribution in [-0.2, 0) is 4.79 Å². The number of alkyl halides is 3. The number of carbonyl (C=O) groups excluding carboxylic acids is 1. The molecule has 1 fully saturated rings. The monoisotopic (exact) mass is 209 g/mol. The maximum atomic E-state index is 11.9. The lowest BCUT2D eigenvalue weighted by molar-refractivity contribution is -0.140. The minimum Gasteiger partial charge on any atom is -0.302 e. The summed E-state index contributed by atoms with van der Waals surface area (Å²) in [7, 11) is 0. The first kappa shape index (κ1) is 11.5. The molecule has 1 atom stereocenters. The van der Waals surface area contributed by atoms with Crippen LogP contribution in [0.25, 0.3) is 0 Å². The summed E-state index contributed by atoms with van der Waals surface area (Å²) >= 11 is 0. The van der Waals surface area contributed by atoms with Gasteiger partial charge in [-0.05, 0) is 0 Å². The van der Waals surface area contributed by atoms with Crippen molar-refractivity contribution in [1.29, 1.82) is 0 Å². The summed E-state index contributed by atoms with van der Waals surface area (Å²) in [5.41, 5.74) is 0. The van der Waals surface area contributed by atoms with Crippen LogP contribution >= 0.6 is 0 Å². The standard InChI is InChI=1S/C9H14F3NO/c1-7-6-13(4-2-8(7)14)5-3-9(10,11)12/h7H,2-6H2,1H3. The molecule has 1 saturated heterocycles. The molecule has 1 rings (SSSR count). The molecule has 1 unspecified atom stereocenters. The number of rotatable bonds is 2. The van der Waals surface area contributed by atoms with Crippen molar-refractivity contribution in [1.82, 2.24) is 4.90 Å². The summed E-state index contributed by atoms with van der Waals surface area (Å²) < 4.78 is 35.7. The van der Waals surface area contributed by atoms with Crippen molar-refractivity contribution < 1.29 is 18.0 Å². The average molecular weight is 209 g/mol. The number of carbonyl (C=O) groups is 1. The van der Waals surface area contributed by atoms with E-state index in [9.17, 15) is 18.0 Å². The Bertz CT molecular complexity index is 215. The summed E-state index contributed by atoms with van der Waals surface area (Å²) in [5.74, 6) is 0.0465. The molecule has 0 aromatic carbocycles. The molecule has 0 aromatic rings. The van der Waals surface area contributed by atoms with Crippen LogP contribution in [0.15, 0.2) is 0 Å². The van der Waals surface area contributed by atoms with Crippen LogP contribution in [0.3, 0.4) is 0 Å². The van der Waals surface area contributed by atoms with Gasteiger partial charge in [0.25, 0.3) is 0 Å². The van der Waals surface area contributed by atoms with Gasteiger partial charge in [-0.25, -0.2) is 0 Å². The van der Waals surface area contributed by atoms with E-state index in [4.69, 9.17) is 0 Å².